The zero-order valence-corrected chi connectivity index (χ0v) is 14.6. The molecule has 3 aromatic rings. The van der Waals surface area contributed by atoms with Gasteiger partial charge in [0.1, 0.15) is 12.3 Å². The smallest absolute Gasteiger partial charge is 0.420 e. The van der Waals surface area contributed by atoms with Gasteiger partial charge in [-0.05, 0) is 42.7 Å². The number of hydrogen-bond donors (Lipinski definition) is 0. The van der Waals surface area contributed by atoms with Crippen LogP contribution in [0.15, 0.2) is 57.7 Å². The molecule has 1 aromatic heterocycles. The van der Waals surface area contributed by atoms with Gasteiger partial charge in [-0.15, -0.1) is 0 Å². The second kappa shape index (κ2) is 6.71. The normalized spacial score (nSPS) is 17.0. The molecule has 0 aliphatic carbocycles. The van der Waals surface area contributed by atoms with E-state index < -0.39 is 5.76 Å². The molecule has 1 atom stereocenters. The number of rotatable bonds is 4. The molecule has 1 aliphatic rings. The van der Waals surface area contributed by atoms with E-state index in [2.05, 4.69) is 0 Å². The van der Waals surface area contributed by atoms with E-state index in [-0.39, 0.29) is 18.5 Å². The molecule has 134 valence electrons. The van der Waals surface area contributed by atoms with Crippen molar-refractivity contribution >= 4 is 17.0 Å². The lowest BCUT2D eigenvalue weighted by molar-refractivity contribution is -0.132. The number of amides is 1. The first-order chi connectivity index (χ1) is 12.7. The number of para-hydroxylation sites is 2. The topological polar surface area (TPSA) is 64.7 Å². The van der Waals surface area contributed by atoms with Crippen molar-refractivity contribution < 1.29 is 13.9 Å². The molecule has 2 heterocycles. The third-order valence-corrected chi connectivity index (χ3v) is 4.94. The fraction of sp³-hybridized carbons (Fsp3) is 0.300. The van der Waals surface area contributed by atoms with Crippen LogP contribution in [0.2, 0.25) is 0 Å². The van der Waals surface area contributed by atoms with Crippen molar-refractivity contribution in [3.05, 3.63) is 64.6 Å². The van der Waals surface area contributed by atoms with E-state index in [0.29, 0.717) is 17.6 Å². The van der Waals surface area contributed by atoms with Crippen molar-refractivity contribution in [2.75, 3.05) is 13.7 Å². The van der Waals surface area contributed by atoms with Gasteiger partial charge in [0.05, 0.1) is 18.7 Å². The maximum Gasteiger partial charge on any atom is 0.420 e. The summed E-state index contributed by atoms with van der Waals surface area (Å²) in [5.41, 5.74) is 2.23. The average Bonchev–Trinajstić information content (AvgIpc) is 3.27. The molecule has 0 radical (unpaired) electrons. The van der Waals surface area contributed by atoms with E-state index in [4.69, 9.17) is 9.15 Å². The fourth-order valence-corrected chi connectivity index (χ4v) is 3.63. The summed E-state index contributed by atoms with van der Waals surface area (Å²) in [5.74, 6) is 0.220. The van der Waals surface area contributed by atoms with Crippen molar-refractivity contribution in [3.8, 4) is 5.75 Å². The Morgan fingerprint density at radius 2 is 1.96 bits per heavy atom. The molecule has 0 spiro atoms. The lowest BCUT2D eigenvalue weighted by Crippen LogP contribution is -2.35. The molecule has 6 nitrogen and oxygen atoms in total. The van der Waals surface area contributed by atoms with Crippen molar-refractivity contribution in [2.24, 2.45) is 0 Å². The number of carbonyl (C=O) groups excluding carboxylic acids is 1. The maximum atomic E-state index is 12.9. The van der Waals surface area contributed by atoms with Crippen LogP contribution in [-0.2, 0) is 11.3 Å². The number of benzene rings is 2. The van der Waals surface area contributed by atoms with E-state index in [1.54, 1.807) is 25.3 Å². The molecule has 1 fully saturated rings. The Bertz CT molecular complexity index is 987. The van der Waals surface area contributed by atoms with Crippen LogP contribution in [0.3, 0.4) is 0 Å². The molecule has 26 heavy (non-hydrogen) atoms. The van der Waals surface area contributed by atoms with Gasteiger partial charge >= 0.3 is 5.76 Å². The molecule has 1 saturated heterocycles. The molecule has 1 amide bonds. The summed E-state index contributed by atoms with van der Waals surface area (Å²) in [6.45, 7) is 0.683. The summed E-state index contributed by atoms with van der Waals surface area (Å²) >= 11 is 0. The van der Waals surface area contributed by atoms with E-state index >= 15 is 0 Å². The van der Waals surface area contributed by atoms with Crippen LogP contribution in [0.5, 0.6) is 5.75 Å². The molecule has 1 aliphatic heterocycles. The minimum Gasteiger partial charge on any atom is -0.497 e. The molecule has 6 heteroatoms. The number of carbonyl (C=O) groups is 1. The second-order valence-corrected chi connectivity index (χ2v) is 6.44. The summed E-state index contributed by atoms with van der Waals surface area (Å²) < 4.78 is 11.8. The molecule has 4 rings (SSSR count). The van der Waals surface area contributed by atoms with E-state index in [9.17, 15) is 9.59 Å². The summed E-state index contributed by atoms with van der Waals surface area (Å²) in [4.78, 5) is 26.9. The first-order valence-corrected chi connectivity index (χ1v) is 8.69. The maximum absolute atomic E-state index is 12.9. The average molecular weight is 352 g/mol. The Hall–Kier alpha value is -3.02. The number of fused-ring (bicyclic) bond motifs is 1. The van der Waals surface area contributed by atoms with Crippen LogP contribution in [0.25, 0.3) is 11.1 Å². The highest BCUT2D eigenvalue weighted by molar-refractivity contribution is 5.80. The predicted octanol–water partition coefficient (Wildman–Crippen LogP) is 2.97. The highest BCUT2D eigenvalue weighted by Gasteiger charge is 2.30. The Kier molecular flexibility index (Phi) is 4.24. The van der Waals surface area contributed by atoms with Crippen LogP contribution in [0, 0.1) is 0 Å². The number of aromatic nitrogens is 1. The molecular weight excluding hydrogens is 332 g/mol. The number of hydrogen-bond acceptors (Lipinski definition) is 4. The first-order valence-electron chi connectivity index (χ1n) is 8.69. The summed E-state index contributed by atoms with van der Waals surface area (Å²) in [5, 5.41) is 0. The monoisotopic (exact) mass is 352 g/mol. The Balaban J connectivity index is 1.58. The molecular formula is C20H20N2O4. The van der Waals surface area contributed by atoms with Crippen molar-refractivity contribution in [3.63, 3.8) is 0 Å². The van der Waals surface area contributed by atoms with Crippen LogP contribution >= 0.6 is 0 Å². The minimum atomic E-state index is -0.500. The van der Waals surface area contributed by atoms with Gasteiger partial charge in [-0.3, -0.25) is 9.36 Å². The van der Waals surface area contributed by atoms with Crippen molar-refractivity contribution in [2.45, 2.75) is 25.4 Å². The standard InChI is InChI=1S/C20H20N2O4/c1-25-15-10-8-14(9-11-15)16-6-4-12-21(16)19(23)13-22-17-5-2-3-7-18(17)26-20(22)24/h2-3,5,7-11,16H,4,6,12-13H2,1H3. The molecule has 0 saturated carbocycles. The van der Waals surface area contributed by atoms with E-state index in [0.717, 1.165) is 24.2 Å². The molecule has 0 bridgehead atoms. The lowest BCUT2D eigenvalue weighted by atomic mass is 10.0. The summed E-state index contributed by atoms with van der Waals surface area (Å²) in [6.07, 6.45) is 1.86. The third-order valence-electron chi connectivity index (χ3n) is 4.94. The molecule has 1 unspecified atom stereocenters. The van der Waals surface area contributed by atoms with Gasteiger partial charge in [-0.25, -0.2) is 4.79 Å². The summed E-state index contributed by atoms with van der Waals surface area (Å²) in [7, 11) is 1.63. The van der Waals surface area contributed by atoms with Gasteiger partial charge in [0.15, 0.2) is 5.58 Å². The van der Waals surface area contributed by atoms with Crippen molar-refractivity contribution in [1.29, 1.82) is 0 Å². The minimum absolute atomic E-state index is 0.0114. The predicted molar refractivity (Wildman–Crippen MR) is 97.2 cm³/mol. The van der Waals surface area contributed by atoms with Gasteiger partial charge in [0, 0.05) is 6.54 Å². The van der Waals surface area contributed by atoms with Crippen molar-refractivity contribution in [1.82, 2.24) is 9.47 Å². The van der Waals surface area contributed by atoms with Crippen LogP contribution < -0.4 is 10.5 Å². The Labute approximate surface area is 150 Å². The quantitative estimate of drug-likeness (QED) is 0.724. The highest BCUT2D eigenvalue weighted by Crippen LogP contribution is 2.33. The summed E-state index contributed by atoms with van der Waals surface area (Å²) in [6, 6.07) is 15.0. The Morgan fingerprint density at radius 1 is 1.19 bits per heavy atom. The zero-order valence-electron chi connectivity index (χ0n) is 14.6. The molecule has 0 N–H and O–H groups in total. The number of nitrogens with zero attached hydrogens (tertiary/aromatic N) is 2. The first kappa shape index (κ1) is 16.4. The third kappa shape index (κ3) is 2.87. The highest BCUT2D eigenvalue weighted by atomic mass is 16.5. The van der Waals surface area contributed by atoms with Gasteiger partial charge < -0.3 is 14.1 Å². The van der Waals surface area contributed by atoms with Crippen LogP contribution in [-0.4, -0.2) is 29.0 Å². The van der Waals surface area contributed by atoms with Gasteiger partial charge in [-0.1, -0.05) is 24.3 Å². The molecule has 2 aromatic carbocycles. The zero-order chi connectivity index (χ0) is 18.1. The number of likely N-dealkylation sites (tertiary alicyclic amines) is 1. The number of oxazole rings is 1. The van der Waals surface area contributed by atoms with E-state index in [1.807, 2.05) is 35.2 Å². The second-order valence-electron chi connectivity index (χ2n) is 6.44. The Morgan fingerprint density at radius 3 is 2.73 bits per heavy atom. The van der Waals surface area contributed by atoms with Gasteiger partial charge in [0.2, 0.25) is 5.91 Å². The SMILES string of the molecule is COc1ccc(C2CCCN2C(=O)Cn2c(=O)oc3ccccc32)cc1. The van der Waals surface area contributed by atoms with E-state index in [1.165, 1.54) is 4.57 Å². The lowest BCUT2D eigenvalue weighted by Gasteiger charge is -2.25. The van der Waals surface area contributed by atoms with Crippen LogP contribution in [0.4, 0.5) is 0 Å². The fourth-order valence-electron chi connectivity index (χ4n) is 3.63. The van der Waals surface area contributed by atoms with Crippen LogP contribution in [0.1, 0.15) is 24.4 Å². The number of methoxy groups -OCH3 is 1. The number of ether oxygens (including phenoxy) is 1. The van der Waals surface area contributed by atoms with Gasteiger partial charge in [-0.2, -0.15) is 0 Å². The largest absolute Gasteiger partial charge is 0.497 e. The van der Waals surface area contributed by atoms with Gasteiger partial charge in [0.25, 0.3) is 0 Å².